The maximum atomic E-state index is 11.2. The maximum Gasteiger partial charge on any atom is 0.325 e. The molecule has 94 valence electrons. The van der Waals surface area contributed by atoms with Crippen LogP contribution >= 0.6 is 11.6 Å². The summed E-state index contributed by atoms with van der Waals surface area (Å²) in [5, 5.41) is 13.2. The molecule has 0 atom stereocenters. The number of halogens is 1. The van der Waals surface area contributed by atoms with Gasteiger partial charge in [0.1, 0.15) is 12.2 Å². The van der Waals surface area contributed by atoms with E-state index in [1.807, 2.05) is 0 Å². The van der Waals surface area contributed by atoms with E-state index in [4.69, 9.17) is 16.7 Å². The Morgan fingerprint density at radius 1 is 1.61 bits per heavy atom. The van der Waals surface area contributed by atoms with Crippen molar-refractivity contribution in [3.05, 3.63) is 39.4 Å². The van der Waals surface area contributed by atoms with Gasteiger partial charge < -0.3 is 10.1 Å². The van der Waals surface area contributed by atoms with Gasteiger partial charge in [-0.3, -0.25) is 14.3 Å². The molecule has 0 saturated carbocycles. The third kappa shape index (κ3) is 2.28. The number of pyridine rings is 1. The summed E-state index contributed by atoms with van der Waals surface area (Å²) in [6.45, 7) is 1.41. The van der Waals surface area contributed by atoms with Crippen LogP contribution in [0.25, 0.3) is 11.3 Å². The Kier molecular flexibility index (Phi) is 3.20. The van der Waals surface area contributed by atoms with E-state index < -0.39 is 5.97 Å². The summed E-state index contributed by atoms with van der Waals surface area (Å²) in [6.07, 6.45) is 1.49. The van der Waals surface area contributed by atoms with E-state index in [1.165, 1.54) is 16.9 Å². The normalized spacial score (nSPS) is 10.6. The summed E-state index contributed by atoms with van der Waals surface area (Å²) in [5.41, 5.74) is 1.24. The average molecular weight is 268 g/mol. The van der Waals surface area contributed by atoms with Crippen LogP contribution in [-0.4, -0.2) is 25.8 Å². The first-order chi connectivity index (χ1) is 8.49. The topological polar surface area (TPSA) is 88.0 Å². The van der Waals surface area contributed by atoms with Crippen LogP contribution in [0, 0.1) is 6.92 Å². The van der Waals surface area contributed by atoms with Crippen molar-refractivity contribution in [1.82, 2.24) is 14.8 Å². The van der Waals surface area contributed by atoms with Crippen molar-refractivity contribution in [2.75, 3.05) is 0 Å². The first-order valence-electron chi connectivity index (χ1n) is 5.13. The predicted molar refractivity (Wildman–Crippen MR) is 65.7 cm³/mol. The number of aromatic nitrogens is 3. The molecular weight excluding hydrogens is 258 g/mol. The molecule has 0 aliphatic carbocycles. The molecule has 18 heavy (non-hydrogen) atoms. The van der Waals surface area contributed by atoms with E-state index in [1.54, 1.807) is 13.0 Å². The van der Waals surface area contributed by atoms with Crippen LogP contribution in [0.15, 0.2) is 23.1 Å². The molecule has 0 spiro atoms. The first-order valence-corrected chi connectivity index (χ1v) is 5.50. The van der Waals surface area contributed by atoms with Gasteiger partial charge in [-0.05, 0) is 13.0 Å². The lowest BCUT2D eigenvalue weighted by Gasteiger charge is -1.98. The highest BCUT2D eigenvalue weighted by atomic mass is 35.5. The minimum Gasteiger partial charge on any atom is -0.480 e. The zero-order chi connectivity index (χ0) is 13.3. The maximum absolute atomic E-state index is 11.2. The van der Waals surface area contributed by atoms with Crippen molar-refractivity contribution in [2.45, 2.75) is 13.5 Å². The molecule has 2 heterocycles. The van der Waals surface area contributed by atoms with Gasteiger partial charge in [0.2, 0.25) is 5.56 Å². The molecule has 7 heteroatoms. The summed E-state index contributed by atoms with van der Waals surface area (Å²) in [6, 6.07) is 3.01. The Hall–Kier alpha value is -2.08. The van der Waals surface area contributed by atoms with Crippen LogP contribution in [0.1, 0.15) is 5.69 Å². The lowest BCUT2D eigenvalue weighted by atomic mass is 10.2. The van der Waals surface area contributed by atoms with Crippen molar-refractivity contribution in [3.63, 3.8) is 0 Å². The van der Waals surface area contributed by atoms with Crippen LogP contribution in [0.2, 0.25) is 5.02 Å². The van der Waals surface area contributed by atoms with Crippen LogP contribution in [0.4, 0.5) is 0 Å². The van der Waals surface area contributed by atoms with Crippen molar-refractivity contribution >= 4 is 17.6 Å². The first kappa shape index (κ1) is 12.4. The second-order valence-corrected chi connectivity index (χ2v) is 4.12. The summed E-state index contributed by atoms with van der Waals surface area (Å²) < 4.78 is 1.29. The van der Waals surface area contributed by atoms with E-state index in [0.29, 0.717) is 22.0 Å². The van der Waals surface area contributed by atoms with E-state index in [2.05, 4.69) is 10.1 Å². The molecule has 0 saturated heterocycles. The van der Waals surface area contributed by atoms with Crippen LogP contribution in [0.5, 0.6) is 0 Å². The molecule has 0 bridgehead atoms. The van der Waals surface area contributed by atoms with Crippen LogP contribution in [0.3, 0.4) is 0 Å². The zero-order valence-corrected chi connectivity index (χ0v) is 10.2. The fourth-order valence-electron chi connectivity index (χ4n) is 1.58. The summed E-state index contributed by atoms with van der Waals surface area (Å²) in [5.74, 6) is -1.00. The summed E-state index contributed by atoms with van der Waals surface area (Å²) in [4.78, 5) is 24.4. The number of aromatic amines is 1. The van der Waals surface area contributed by atoms with E-state index in [0.717, 1.165) is 0 Å². The summed E-state index contributed by atoms with van der Waals surface area (Å²) >= 11 is 6.10. The lowest BCUT2D eigenvalue weighted by molar-refractivity contribution is -0.137. The zero-order valence-electron chi connectivity index (χ0n) is 9.48. The summed E-state index contributed by atoms with van der Waals surface area (Å²) in [7, 11) is 0. The predicted octanol–water partition coefficient (Wildman–Crippen LogP) is 1.28. The van der Waals surface area contributed by atoms with Crippen LogP contribution in [-0.2, 0) is 11.3 Å². The molecule has 2 rings (SSSR count). The molecule has 0 radical (unpaired) electrons. The highest BCUT2D eigenvalue weighted by Gasteiger charge is 2.16. The van der Waals surface area contributed by atoms with Crippen molar-refractivity contribution < 1.29 is 9.90 Å². The highest BCUT2D eigenvalue weighted by Crippen LogP contribution is 2.28. The van der Waals surface area contributed by atoms with Gasteiger partial charge in [0, 0.05) is 17.8 Å². The van der Waals surface area contributed by atoms with Gasteiger partial charge in [-0.1, -0.05) is 11.6 Å². The molecule has 2 N–H and O–H groups in total. The standard InChI is InChI=1S/C11H10ClN3O3/c1-6-10(12)11(14-15(6)5-9(17)18)7-2-3-13-8(16)4-7/h2-4H,5H2,1H3,(H,13,16)(H,17,18). The second-order valence-electron chi connectivity index (χ2n) is 3.74. The fourth-order valence-corrected chi connectivity index (χ4v) is 1.83. The Labute approximate surface area is 107 Å². The molecule has 0 unspecified atom stereocenters. The number of carboxylic acid groups (broad SMARTS) is 1. The number of hydrogen-bond acceptors (Lipinski definition) is 3. The molecule has 0 aliphatic rings. The fraction of sp³-hybridized carbons (Fsp3) is 0.182. The Morgan fingerprint density at radius 3 is 2.94 bits per heavy atom. The van der Waals surface area contributed by atoms with Gasteiger partial charge in [0.25, 0.3) is 0 Å². The third-order valence-corrected chi connectivity index (χ3v) is 2.92. The number of H-pyrrole nitrogens is 1. The monoisotopic (exact) mass is 267 g/mol. The Bertz CT molecular complexity index is 660. The van der Waals surface area contributed by atoms with Crippen molar-refractivity contribution in [3.8, 4) is 11.3 Å². The molecule has 0 fully saturated rings. The number of nitrogens with one attached hydrogen (secondary N) is 1. The number of aliphatic carboxylic acids is 1. The van der Waals surface area contributed by atoms with Gasteiger partial charge in [-0.25, -0.2) is 0 Å². The van der Waals surface area contributed by atoms with Crippen LogP contribution < -0.4 is 5.56 Å². The Balaban J connectivity index is 2.52. The van der Waals surface area contributed by atoms with Gasteiger partial charge >= 0.3 is 5.97 Å². The molecule has 0 amide bonds. The molecule has 6 nitrogen and oxygen atoms in total. The average Bonchev–Trinajstić information content (AvgIpc) is 2.57. The molecular formula is C11H10ClN3O3. The van der Waals surface area contributed by atoms with Gasteiger partial charge in [-0.15, -0.1) is 0 Å². The minimum atomic E-state index is -1.00. The molecule has 0 aromatic carbocycles. The van der Waals surface area contributed by atoms with E-state index in [-0.39, 0.29) is 12.1 Å². The van der Waals surface area contributed by atoms with E-state index in [9.17, 15) is 9.59 Å². The third-order valence-electron chi connectivity index (χ3n) is 2.47. The smallest absolute Gasteiger partial charge is 0.325 e. The molecule has 0 aliphatic heterocycles. The van der Waals surface area contributed by atoms with Gasteiger partial charge in [0.15, 0.2) is 0 Å². The number of rotatable bonds is 3. The number of carbonyl (C=O) groups is 1. The molecule has 2 aromatic heterocycles. The molecule has 2 aromatic rings. The SMILES string of the molecule is Cc1c(Cl)c(-c2cc[nH]c(=O)c2)nn1CC(=O)O. The number of hydrogen-bond donors (Lipinski definition) is 2. The highest BCUT2D eigenvalue weighted by molar-refractivity contribution is 6.33. The van der Waals surface area contributed by atoms with E-state index >= 15 is 0 Å². The van der Waals surface area contributed by atoms with Gasteiger partial charge in [0.05, 0.1) is 10.7 Å². The van der Waals surface area contributed by atoms with Crippen molar-refractivity contribution in [1.29, 1.82) is 0 Å². The number of nitrogens with zero attached hydrogens (tertiary/aromatic N) is 2. The quantitative estimate of drug-likeness (QED) is 0.877. The Morgan fingerprint density at radius 2 is 2.33 bits per heavy atom. The van der Waals surface area contributed by atoms with Gasteiger partial charge in [-0.2, -0.15) is 5.10 Å². The minimum absolute atomic E-state index is 0.269. The van der Waals surface area contributed by atoms with Crippen molar-refractivity contribution in [2.24, 2.45) is 0 Å². The second kappa shape index (κ2) is 4.66. The lowest BCUT2D eigenvalue weighted by Crippen LogP contribution is -2.11. The number of carboxylic acids is 1. The largest absolute Gasteiger partial charge is 0.480 e.